The monoisotopic (exact) mass is 330 g/mol. The van der Waals surface area contributed by atoms with Crippen molar-refractivity contribution in [2.75, 3.05) is 12.4 Å². The van der Waals surface area contributed by atoms with E-state index in [2.05, 4.69) is 10.3 Å². The van der Waals surface area contributed by atoms with Gasteiger partial charge in [-0.2, -0.15) is 0 Å². The van der Waals surface area contributed by atoms with Crippen LogP contribution in [0.1, 0.15) is 21.5 Å². The van der Waals surface area contributed by atoms with E-state index in [9.17, 15) is 9.18 Å². The van der Waals surface area contributed by atoms with Crippen LogP contribution < -0.4 is 10.1 Å². The Balaban J connectivity index is 1.88. The van der Waals surface area contributed by atoms with Crippen LogP contribution in [0.3, 0.4) is 0 Å². The quantitative estimate of drug-likeness (QED) is 0.778. The average Bonchev–Trinajstić information content (AvgIpc) is 2.89. The van der Waals surface area contributed by atoms with Gasteiger partial charge in [0.15, 0.2) is 16.7 Å². The van der Waals surface area contributed by atoms with E-state index in [1.807, 2.05) is 26.0 Å². The Morgan fingerprint density at radius 2 is 2.04 bits per heavy atom. The molecule has 1 amide bonds. The topological polar surface area (TPSA) is 51.2 Å². The molecule has 118 valence electrons. The molecular formula is C17H15FN2O2S. The highest BCUT2D eigenvalue weighted by molar-refractivity contribution is 7.22. The molecule has 1 heterocycles. The first kappa shape index (κ1) is 15.4. The molecule has 3 aromatic rings. The molecule has 0 aliphatic rings. The summed E-state index contributed by atoms with van der Waals surface area (Å²) in [5.41, 5.74) is 3.30. The highest BCUT2D eigenvalue weighted by Gasteiger charge is 2.13. The Labute approximate surface area is 136 Å². The van der Waals surface area contributed by atoms with Crippen LogP contribution in [0.15, 0.2) is 30.3 Å². The molecule has 0 aliphatic carbocycles. The highest BCUT2D eigenvalue weighted by atomic mass is 32.1. The van der Waals surface area contributed by atoms with E-state index in [4.69, 9.17) is 4.74 Å². The summed E-state index contributed by atoms with van der Waals surface area (Å²) in [6, 6.07) is 8.17. The minimum atomic E-state index is -0.573. The molecule has 1 aromatic heterocycles. The molecular weight excluding hydrogens is 315 g/mol. The molecule has 0 atom stereocenters. The number of carbonyl (C=O) groups is 1. The Morgan fingerprint density at radius 1 is 1.26 bits per heavy atom. The van der Waals surface area contributed by atoms with E-state index in [0.29, 0.717) is 5.13 Å². The molecule has 3 rings (SSSR count). The lowest BCUT2D eigenvalue weighted by Gasteiger charge is -2.04. The maximum atomic E-state index is 13.7. The van der Waals surface area contributed by atoms with Crippen molar-refractivity contribution in [1.82, 2.24) is 4.98 Å². The second kappa shape index (κ2) is 5.96. The number of benzene rings is 2. The lowest BCUT2D eigenvalue weighted by molar-refractivity contribution is 0.102. The van der Waals surface area contributed by atoms with Crippen molar-refractivity contribution in [3.8, 4) is 5.75 Å². The number of thiazole rings is 1. The van der Waals surface area contributed by atoms with Gasteiger partial charge in [0.25, 0.3) is 5.91 Å². The third kappa shape index (κ3) is 3.03. The summed E-state index contributed by atoms with van der Waals surface area (Å²) in [5.74, 6) is -0.872. The summed E-state index contributed by atoms with van der Waals surface area (Å²) >= 11 is 1.40. The first-order valence-corrected chi connectivity index (χ1v) is 7.82. The fraction of sp³-hybridized carbons (Fsp3) is 0.176. The van der Waals surface area contributed by atoms with Gasteiger partial charge in [-0.05, 0) is 49.2 Å². The van der Waals surface area contributed by atoms with Crippen LogP contribution in [0.2, 0.25) is 0 Å². The van der Waals surface area contributed by atoms with Gasteiger partial charge in [0.2, 0.25) is 0 Å². The summed E-state index contributed by atoms with van der Waals surface area (Å²) in [7, 11) is 1.38. The van der Waals surface area contributed by atoms with Crippen LogP contribution in [0.5, 0.6) is 5.75 Å². The number of halogens is 1. The zero-order valence-electron chi connectivity index (χ0n) is 12.9. The van der Waals surface area contributed by atoms with Gasteiger partial charge < -0.3 is 4.74 Å². The van der Waals surface area contributed by atoms with Crippen molar-refractivity contribution in [2.24, 2.45) is 0 Å². The van der Waals surface area contributed by atoms with Gasteiger partial charge in [0.1, 0.15) is 0 Å². The first-order chi connectivity index (χ1) is 11.0. The Hall–Kier alpha value is -2.47. The van der Waals surface area contributed by atoms with Crippen molar-refractivity contribution >= 4 is 32.6 Å². The van der Waals surface area contributed by atoms with Gasteiger partial charge in [-0.25, -0.2) is 9.37 Å². The molecule has 4 nitrogen and oxygen atoms in total. The number of hydrogen-bond donors (Lipinski definition) is 1. The van der Waals surface area contributed by atoms with Gasteiger partial charge in [0, 0.05) is 5.56 Å². The van der Waals surface area contributed by atoms with Crippen LogP contribution >= 0.6 is 11.3 Å². The molecule has 23 heavy (non-hydrogen) atoms. The second-order valence-electron chi connectivity index (χ2n) is 5.25. The van der Waals surface area contributed by atoms with E-state index < -0.39 is 11.7 Å². The van der Waals surface area contributed by atoms with Gasteiger partial charge in [0.05, 0.1) is 17.3 Å². The Bertz CT molecular complexity index is 905. The molecule has 0 radical (unpaired) electrons. The standard InChI is InChI=1S/C17H15FN2O2S/c1-9-6-10(2)15-14(7-9)23-17(19-15)20-16(21)11-4-5-13(22-3)12(18)8-11/h4-8H,1-3H3,(H,19,20,21). The molecule has 0 bridgehead atoms. The minimum Gasteiger partial charge on any atom is -0.494 e. The van der Waals surface area contributed by atoms with Crippen molar-refractivity contribution in [2.45, 2.75) is 13.8 Å². The zero-order chi connectivity index (χ0) is 16.6. The van der Waals surface area contributed by atoms with Gasteiger partial charge in [-0.15, -0.1) is 0 Å². The van der Waals surface area contributed by atoms with E-state index in [1.54, 1.807) is 0 Å². The molecule has 0 saturated heterocycles. The van der Waals surface area contributed by atoms with Crippen LogP contribution in [0.25, 0.3) is 10.2 Å². The minimum absolute atomic E-state index is 0.104. The SMILES string of the molecule is COc1ccc(C(=O)Nc2nc3c(C)cc(C)cc3s2)cc1F. The molecule has 2 aromatic carbocycles. The number of nitrogens with one attached hydrogen (secondary N) is 1. The van der Waals surface area contributed by atoms with E-state index in [-0.39, 0.29) is 11.3 Å². The van der Waals surface area contributed by atoms with Crippen molar-refractivity contribution in [1.29, 1.82) is 0 Å². The number of fused-ring (bicyclic) bond motifs is 1. The Morgan fingerprint density at radius 3 is 2.74 bits per heavy atom. The van der Waals surface area contributed by atoms with Crippen molar-refractivity contribution in [3.63, 3.8) is 0 Å². The van der Waals surface area contributed by atoms with Crippen LogP contribution in [0, 0.1) is 19.7 Å². The molecule has 1 N–H and O–H groups in total. The predicted octanol–water partition coefficient (Wildman–Crippen LogP) is 4.31. The lowest BCUT2D eigenvalue weighted by atomic mass is 10.1. The van der Waals surface area contributed by atoms with Gasteiger partial charge in [-0.3, -0.25) is 10.1 Å². The van der Waals surface area contributed by atoms with Crippen molar-refractivity contribution < 1.29 is 13.9 Å². The maximum Gasteiger partial charge on any atom is 0.257 e. The number of anilines is 1. The average molecular weight is 330 g/mol. The van der Waals surface area contributed by atoms with Crippen LogP contribution in [-0.2, 0) is 0 Å². The summed E-state index contributed by atoms with van der Waals surface area (Å²) in [6.45, 7) is 4.00. The summed E-state index contributed by atoms with van der Waals surface area (Å²) in [6.07, 6.45) is 0. The number of amides is 1. The number of ether oxygens (including phenoxy) is 1. The number of nitrogens with zero attached hydrogens (tertiary/aromatic N) is 1. The second-order valence-corrected chi connectivity index (χ2v) is 6.28. The maximum absolute atomic E-state index is 13.7. The number of carbonyl (C=O) groups excluding carboxylic acids is 1. The zero-order valence-corrected chi connectivity index (χ0v) is 13.8. The molecule has 0 unspecified atom stereocenters. The fourth-order valence-electron chi connectivity index (χ4n) is 2.40. The molecule has 6 heteroatoms. The number of rotatable bonds is 3. The first-order valence-electron chi connectivity index (χ1n) is 7.00. The number of hydrogen-bond acceptors (Lipinski definition) is 4. The lowest BCUT2D eigenvalue weighted by Crippen LogP contribution is -2.12. The van der Waals surface area contributed by atoms with Crippen LogP contribution in [-0.4, -0.2) is 18.0 Å². The molecule has 0 aliphatic heterocycles. The summed E-state index contributed by atoms with van der Waals surface area (Å²) in [5, 5.41) is 3.22. The van der Waals surface area contributed by atoms with E-state index >= 15 is 0 Å². The molecule has 0 saturated carbocycles. The number of aryl methyl sites for hydroxylation is 2. The smallest absolute Gasteiger partial charge is 0.257 e. The fourth-order valence-corrected chi connectivity index (χ4v) is 3.44. The number of aromatic nitrogens is 1. The third-order valence-electron chi connectivity index (χ3n) is 3.46. The van der Waals surface area contributed by atoms with Crippen molar-refractivity contribution in [3.05, 3.63) is 52.8 Å². The van der Waals surface area contributed by atoms with Gasteiger partial charge in [-0.1, -0.05) is 17.4 Å². The normalized spacial score (nSPS) is 10.8. The van der Waals surface area contributed by atoms with Gasteiger partial charge >= 0.3 is 0 Å². The molecule has 0 fully saturated rings. The van der Waals surface area contributed by atoms with Crippen LogP contribution in [0.4, 0.5) is 9.52 Å². The summed E-state index contributed by atoms with van der Waals surface area (Å²) in [4.78, 5) is 16.7. The van der Waals surface area contributed by atoms with E-state index in [1.165, 1.54) is 30.6 Å². The predicted molar refractivity (Wildman–Crippen MR) is 90.0 cm³/mol. The Kier molecular flexibility index (Phi) is 4.00. The highest BCUT2D eigenvalue weighted by Crippen LogP contribution is 2.29. The number of methoxy groups -OCH3 is 1. The molecule has 0 spiro atoms. The van der Waals surface area contributed by atoms with E-state index in [0.717, 1.165) is 27.4 Å². The summed E-state index contributed by atoms with van der Waals surface area (Å²) < 4.78 is 19.6. The third-order valence-corrected chi connectivity index (χ3v) is 4.38. The largest absolute Gasteiger partial charge is 0.494 e.